The lowest BCUT2D eigenvalue weighted by Gasteiger charge is -2.26. The Hall–Kier alpha value is -3.74. The third-order valence-electron chi connectivity index (χ3n) is 6.16. The molecule has 2 N–H and O–H groups in total. The minimum absolute atomic E-state index is 0.128. The maximum atomic E-state index is 13.2. The first-order chi connectivity index (χ1) is 15.2. The zero-order chi connectivity index (χ0) is 20.8. The second-order valence-corrected chi connectivity index (χ2v) is 7.95. The molecule has 1 spiro atoms. The number of amides is 1. The van der Waals surface area contributed by atoms with E-state index in [0.29, 0.717) is 44.2 Å². The molecule has 0 saturated carbocycles. The lowest BCUT2D eigenvalue weighted by atomic mass is 9.75. The first-order valence-electron chi connectivity index (χ1n) is 10.4. The third-order valence-corrected chi connectivity index (χ3v) is 6.16. The van der Waals surface area contributed by atoms with Crippen LogP contribution in [0.15, 0.2) is 54.7 Å². The number of carbonyl (C=O) groups excluding carboxylic acids is 1. The number of hydrogen-bond acceptors (Lipinski definition) is 6. The number of nitrogens with zero attached hydrogens (tertiary/aromatic N) is 1. The van der Waals surface area contributed by atoms with E-state index in [1.54, 1.807) is 6.20 Å². The van der Waals surface area contributed by atoms with E-state index in [1.807, 2.05) is 48.5 Å². The largest absolute Gasteiger partial charge is 0.492 e. The number of hydrogen-bond donors (Lipinski definition) is 2. The summed E-state index contributed by atoms with van der Waals surface area (Å²) >= 11 is 0. The fourth-order valence-corrected chi connectivity index (χ4v) is 4.70. The molecule has 0 fully saturated rings. The van der Waals surface area contributed by atoms with Gasteiger partial charge in [-0.15, -0.1) is 0 Å². The predicted molar refractivity (Wildman–Crippen MR) is 114 cm³/mol. The number of fused-ring (bicyclic) bond motifs is 5. The highest BCUT2D eigenvalue weighted by Crippen LogP contribution is 2.53. The molecule has 3 aromatic rings. The quantitative estimate of drug-likeness (QED) is 0.685. The maximum Gasteiger partial charge on any atom is 0.251 e. The first-order valence-corrected chi connectivity index (χ1v) is 10.4. The van der Waals surface area contributed by atoms with Crippen LogP contribution in [-0.2, 0) is 12.0 Å². The van der Waals surface area contributed by atoms with Gasteiger partial charge in [-0.25, -0.2) is 0 Å². The van der Waals surface area contributed by atoms with Crippen LogP contribution < -0.4 is 24.8 Å². The number of anilines is 1. The van der Waals surface area contributed by atoms with Gasteiger partial charge in [0.15, 0.2) is 11.5 Å². The molecule has 6 rings (SSSR count). The summed E-state index contributed by atoms with van der Waals surface area (Å²) in [6.45, 7) is 2.53. The number of rotatable bonds is 3. The molecule has 31 heavy (non-hydrogen) atoms. The van der Waals surface area contributed by atoms with E-state index in [4.69, 9.17) is 14.2 Å². The molecule has 2 aromatic carbocycles. The minimum atomic E-state index is -0.459. The number of nitrogens with one attached hydrogen (secondary N) is 2. The summed E-state index contributed by atoms with van der Waals surface area (Å²) < 4.78 is 17.6. The lowest BCUT2D eigenvalue weighted by molar-refractivity contribution is 0.0948. The number of pyridine rings is 1. The highest BCUT2D eigenvalue weighted by molar-refractivity contribution is 5.98. The van der Waals surface area contributed by atoms with Gasteiger partial charge in [0.05, 0.1) is 17.7 Å². The summed E-state index contributed by atoms with van der Waals surface area (Å²) in [6, 6.07) is 15.4. The average Bonchev–Trinajstić information content (AvgIpc) is 3.38. The predicted octanol–water partition coefficient (Wildman–Crippen LogP) is 2.89. The van der Waals surface area contributed by atoms with Gasteiger partial charge in [0.25, 0.3) is 5.91 Å². The van der Waals surface area contributed by atoms with Gasteiger partial charge in [-0.1, -0.05) is 12.1 Å². The molecule has 3 aliphatic rings. The molecule has 156 valence electrons. The molecule has 1 aromatic heterocycles. The molecule has 0 radical (unpaired) electrons. The zero-order valence-electron chi connectivity index (χ0n) is 16.8. The van der Waals surface area contributed by atoms with Gasteiger partial charge in [-0.2, -0.15) is 0 Å². The molecule has 1 amide bonds. The number of benzene rings is 2. The Morgan fingerprint density at radius 3 is 2.74 bits per heavy atom. The maximum absolute atomic E-state index is 13.2. The average molecular weight is 415 g/mol. The smallest absolute Gasteiger partial charge is 0.251 e. The van der Waals surface area contributed by atoms with Crippen LogP contribution in [0.2, 0.25) is 0 Å². The van der Waals surface area contributed by atoms with E-state index < -0.39 is 5.41 Å². The highest BCUT2D eigenvalue weighted by atomic mass is 16.6. The van der Waals surface area contributed by atoms with Crippen LogP contribution in [0.3, 0.4) is 0 Å². The van der Waals surface area contributed by atoms with Crippen LogP contribution in [0.4, 0.5) is 5.69 Å². The Kier molecular flexibility index (Phi) is 4.02. The van der Waals surface area contributed by atoms with Gasteiger partial charge in [0, 0.05) is 41.2 Å². The van der Waals surface area contributed by atoms with Crippen LogP contribution >= 0.6 is 0 Å². The van der Waals surface area contributed by atoms with Crippen LogP contribution in [0.1, 0.15) is 27.2 Å². The molecule has 1 atom stereocenters. The summed E-state index contributed by atoms with van der Waals surface area (Å²) in [5, 5.41) is 6.49. The van der Waals surface area contributed by atoms with Crippen molar-refractivity contribution in [1.29, 1.82) is 0 Å². The van der Waals surface area contributed by atoms with Crippen LogP contribution in [-0.4, -0.2) is 37.3 Å². The van der Waals surface area contributed by atoms with Crippen molar-refractivity contribution < 1.29 is 19.0 Å². The molecule has 0 bridgehead atoms. The SMILES string of the molecule is O=C(NCc1ccccn1)c1cccc2c1C1(CN2)COc2cc3c(cc21)OCCO3. The second kappa shape index (κ2) is 6.91. The lowest BCUT2D eigenvalue weighted by Crippen LogP contribution is -2.35. The third kappa shape index (κ3) is 2.80. The number of ether oxygens (including phenoxy) is 3. The van der Waals surface area contributed by atoms with E-state index >= 15 is 0 Å². The van der Waals surface area contributed by atoms with Gasteiger partial charge in [-0.05, 0) is 30.3 Å². The molecule has 4 heterocycles. The normalized spacial score (nSPS) is 19.9. The van der Waals surface area contributed by atoms with Gasteiger partial charge in [-0.3, -0.25) is 9.78 Å². The number of aromatic nitrogens is 1. The number of carbonyl (C=O) groups is 1. The standard InChI is InChI=1S/C24H21N3O4/c28-23(26-12-15-4-1-2-7-25-15)16-5-3-6-18-22(16)24(13-27-18)14-31-19-11-21-20(10-17(19)24)29-8-9-30-21/h1-7,10-11,27H,8-9,12-14H2,(H,26,28). The van der Waals surface area contributed by atoms with Crippen LogP contribution in [0, 0.1) is 0 Å². The Morgan fingerprint density at radius 2 is 1.90 bits per heavy atom. The van der Waals surface area contributed by atoms with Crippen molar-refractivity contribution in [2.45, 2.75) is 12.0 Å². The van der Waals surface area contributed by atoms with Crippen molar-refractivity contribution in [3.05, 3.63) is 77.1 Å². The molecule has 0 saturated heterocycles. The summed E-state index contributed by atoms with van der Waals surface area (Å²) in [6.07, 6.45) is 1.72. The highest BCUT2D eigenvalue weighted by Gasteiger charge is 2.49. The Bertz CT molecular complexity index is 1180. The van der Waals surface area contributed by atoms with Crippen molar-refractivity contribution in [3.8, 4) is 17.2 Å². The molecule has 0 aliphatic carbocycles. The van der Waals surface area contributed by atoms with Gasteiger partial charge >= 0.3 is 0 Å². The first kappa shape index (κ1) is 18.1. The molecule has 7 heteroatoms. The van der Waals surface area contributed by atoms with Gasteiger partial charge < -0.3 is 24.8 Å². The topological polar surface area (TPSA) is 81.7 Å². The summed E-state index contributed by atoms with van der Waals surface area (Å²) in [5.74, 6) is 2.08. The summed E-state index contributed by atoms with van der Waals surface area (Å²) in [5.41, 5.74) is 3.94. The van der Waals surface area contributed by atoms with Crippen molar-refractivity contribution >= 4 is 11.6 Å². The molecule has 3 aliphatic heterocycles. The van der Waals surface area contributed by atoms with Crippen LogP contribution in [0.5, 0.6) is 17.2 Å². The Labute approximate surface area is 179 Å². The van der Waals surface area contributed by atoms with Crippen molar-refractivity contribution in [2.24, 2.45) is 0 Å². The molecule has 7 nitrogen and oxygen atoms in total. The monoisotopic (exact) mass is 415 g/mol. The van der Waals surface area contributed by atoms with E-state index in [9.17, 15) is 4.79 Å². The fraction of sp³-hybridized carbons (Fsp3) is 0.250. The molecule has 1 unspecified atom stereocenters. The second-order valence-electron chi connectivity index (χ2n) is 7.95. The van der Waals surface area contributed by atoms with Crippen LogP contribution in [0.25, 0.3) is 0 Å². The Balaban J connectivity index is 1.39. The minimum Gasteiger partial charge on any atom is -0.492 e. The van der Waals surface area contributed by atoms with Gasteiger partial charge in [0.1, 0.15) is 25.6 Å². The van der Waals surface area contributed by atoms with E-state index in [-0.39, 0.29) is 5.91 Å². The fourth-order valence-electron chi connectivity index (χ4n) is 4.70. The zero-order valence-corrected chi connectivity index (χ0v) is 16.8. The van der Waals surface area contributed by atoms with E-state index in [1.165, 1.54) is 0 Å². The summed E-state index contributed by atoms with van der Waals surface area (Å²) in [4.78, 5) is 17.5. The molecular formula is C24H21N3O4. The molecular weight excluding hydrogens is 394 g/mol. The van der Waals surface area contributed by atoms with Crippen molar-refractivity contribution in [1.82, 2.24) is 10.3 Å². The van der Waals surface area contributed by atoms with E-state index in [0.717, 1.165) is 34.0 Å². The summed E-state index contributed by atoms with van der Waals surface area (Å²) in [7, 11) is 0. The van der Waals surface area contributed by atoms with Crippen molar-refractivity contribution in [3.63, 3.8) is 0 Å². The van der Waals surface area contributed by atoms with Crippen molar-refractivity contribution in [2.75, 3.05) is 31.7 Å². The Morgan fingerprint density at radius 1 is 1.03 bits per heavy atom. The van der Waals surface area contributed by atoms with Gasteiger partial charge in [0.2, 0.25) is 0 Å². The van der Waals surface area contributed by atoms with E-state index in [2.05, 4.69) is 15.6 Å².